The van der Waals surface area contributed by atoms with E-state index in [9.17, 15) is 9.50 Å². The molecule has 2 aromatic carbocycles. The highest BCUT2D eigenvalue weighted by molar-refractivity contribution is 5.62. The molecule has 21 heavy (non-hydrogen) atoms. The van der Waals surface area contributed by atoms with Crippen molar-refractivity contribution < 1.29 is 9.50 Å². The molecule has 1 N–H and O–H groups in total. The number of aliphatic hydroxyl groups is 1. The topological polar surface area (TPSA) is 38.0 Å². The molecule has 106 valence electrons. The molecule has 0 amide bonds. The molecule has 0 saturated heterocycles. The molecule has 0 aliphatic rings. The zero-order chi connectivity index (χ0) is 14.8. The molecule has 1 heterocycles. The van der Waals surface area contributed by atoms with Gasteiger partial charge >= 0.3 is 0 Å². The standard InChI is InChI=1S/C17H15FN2O/c1-12(21)16-11-17(13-7-9-14(18)10-8-13)20(19-16)15-5-3-2-4-6-15/h2-12,21H,1H3. The summed E-state index contributed by atoms with van der Waals surface area (Å²) in [6, 6.07) is 17.7. The van der Waals surface area contributed by atoms with Gasteiger partial charge in [-0.2, -0.15) is 5.10 Å². The quantitative estimate of drug-likeness (QED) is 0.795. The van der Waals surface area contributed by atoms with Crippen molar-refractivity contribution in [2.75, 3.05) is 0 Å². The van der Waals surface area contributed by atoms with E-state index in [0.29, 0.717) is 5.69 Å². The van der Waals surface area contributed by atoms with E-state index >= 15 is 0 Å². The maximum absolute atomic E-state index is 13.1. The Morgan fingerprint density at radius 1 is 1.05 bits per heavy atom. The Labute approximate surface area is 122 Å². The number of para-hydroxylation sites is 1. The van der Waals surface area contributed by atoms with Crippen LogP contribution in [0.1, 0.15) is 18.7 Å². The van der Waals surface area contributed by atoms with Crippen molar-refractivity contribution in [1.82, 2.24) is 9.78 Å². The monoisotopic (exact) mass is 282 g/mol. The molecular formula is C17H15FN2O. The first-order valence-electron chi connectivity index (χ1n) is 6.74. The fourth-order valence-corrected chi connectivity index (χ4v) is 2.20. The smallest absolute Gasteiger partial charge is 0.123 e. The first-order valence-corrected chi connectivity index (χ1v) is 6.74. The Kier molecular flexibility index (Phi) is 3.54. The van der Waals surface area contributed by atoms with Crippen LogP contribution >= 0.6 is 0 Å². The summed E-state index contributed by atoms with van der Waals surface area (Å²) in [5.74, 6) is -0.278. The maximum atomic E-state index is 13.1. The molecule has 0 bridgehead atoms. The molecule has 0 aliphatic heterocycles. The second-order valence-corrected chi connectivity index (χ2v) is 4.88. The van der Waals surface area contributed by atoms with Gasteiger partial charge in [0.2, 0.25) is 0 Å². The third-order valence-corrected chi connectivity index (χ3v) is 3.30. The molecule has 0 radical (unpaired) electrons. The van der Waals surface area contributed by atoms with E-state index in [0.717, 1.165) is 16.9 Å². The van der Waals surface area contributed by atoms with Gasteiger partial charge < -0.3 is 5.11 Å². The minimum atomic E-state index is -0.658. The van der Waals surface area contributed by atoms with Crippen molar-refractivity contribution in [2.24, 2.45) is 0 Å². The van der Waals surface area contributed by atoms with Crippen LogP contribution in [0.15, 0.2) is 60.7 Å². The maximum Gasteiger partial charge on any atom is 0.123 e. The molecule has 1 unspecified atom stereocenters. The lowest BCUT2D eigenvalue weighted by Crippen LogP contribution is -2.00. The van der Waals surface area contributed by atoms with E-state index in [1.54, 1.807) is 23.7 Å². The van der Waals surface area contributed by atoms with Crippen molar-refractivity contribution >= 4 is 0 Å². The van der Waals surface area contributed by atoms with Gasteiger partial charge in [0.05, 0.1) is 23.2 Å². The van der Waals surface area contributed by atoms with Gasteiger partial charge in [0.25, 0.3) is 0 Å². The van der Waals surface area contributed by atoms with E-state index in [1.807, 2.05) is 36.4 Å². The number of hydrogen-bond donors (Lipinski definition) is 1. The van der Waals surface area contributed by atoms with Crippen LogP contribution in [0.2, 0.25) is 0 Å². The molecule has 1 atom stereocenters. The summed E-state index contributed by atoms with van der Waals surface area (Å²) in [6.07, 6.45) is -0.658. The van der Waals surface area contributed by atoms with Crippen LogP contribution in [0.5, 0.6) is 0 Å². The molecule has 0 aliphatic carbocycles. The minimum absolute atomic E-state index is 0.278. The predicted molar refractivity (Wildman–Crippen MR) is 79.6 cm³/mol. The van der Waals surface area contributed by atoms with Gasteiger partial charge in [0, 0.05) is 5.56 Å². The number of hydrogen-bond acceptors (Lipinski definition) is 2. The molecular weight excluding hydrogens is 267 g/mol. The Balaban J connectivity index is 2.16. The fraction of sp³-hybridized carbons (Fsp3) is 0.118. The second-order valence-electron chi connectivity index (χ2n) is 4.88. The van der Waals surface area contributed by atoms with Gasteiger partial charge in [0.1, 0.15) is 5.82 Å². The fourth-order valence-electron chi connectivity index (χ4n) is 2.20. The lowest BCUT2D eigenvalue weighted by atomic mass is 10.1. The Bertz CT molecular complexity index is 733. The largest absolute Gasteiger partial charge is 0.387 e. The van der Waals surface area contributed by atoms with Crippen molar-refractivity contribution in [1.29, 1.82) is 0 Å². The lowest BCUT2D eigenvalue weighted by Gasteiger charge is -2.07. The van der Waals surface area contributed by atoms with Crippen LogP contribution in [0, 0.1) is 5.82 Å². The van der Waals surface area contributed by atoms with Crippen LogP contribution < -0.4 is 0 Å². The van der Waals surface area contributed by atoms with Gasteiger partial charge in [-0.15, -0.1) is 0 Å². The molecule has 0 fully saturated rings. The predicted octanol–water partition coefficient (Wildman–Crippen LogP) is 3.73. The zero-order valence-corrected chi connectivity index (χ0v) is 11.6. The van der Waals surface area contributed by atoms with Crippen molar-refractivity contribution in [3.8, 4) is 16.9 Å². The van der Waals surface area contributed by atoms with Crippen LogP contribution in [-0.4, -0.2) is 14.9 Å². The van der Waals surface area contributed by atoms with Gasteiger partial charge in [-0.05, 0) is 49.4 Å². The summed E-state index contributed by atoms with van der Waals surface area (Å²) in [4.78, 5) is 0. The van der Waals surface area contributed by atoms with Crippen LogP contribution in [-0.2, 0) is 0 Å². The average Bonchev–Trinajstić information content (AvgIpc) is 2.94. The summed E-state index contributed by atoms with van der Waals surface area (Å²) in [5.41, 5.74) is 3.14. The van der Waals surface area contributed by atoms with E-state index in [2.05, 4.69) is 5.10 Å². The third-order valence-electron chi connectivity index (χ3n) is 3.30. The second kappa shape index (κ2) is 5.50. The van der Waals surface area contributed by atoms with Gasteiger partial charge in [-0.1, -0.05) is 18.2 Å². The van der Waals surface area contributed by atoms with E-state index in [-0.39, 0.29) is 5.82 Å². The SMILES string of the molecule is CC(O)c1cc(-c2ccc(F)cc2)n(-c2ccccc2)n1. The number of rotatable bonds is 3. The third kappa shape index (κ3) is 2.71. The molecule has 3 nitrogen and oxygen atoms in total. The summed E-state index contributed by atoms with van der Waals surface area (Å²) >= 11 is 0. The van der Waals surface area contributed by atoms with Gasteiger partial charge in [-0.25, -0.2) is 9.07 Å². The normalized spacial score (nSPS) is 12.3. The van der Waals surface area contributed by atoms with Gasteiger partial charge in [0.15, 0.2) is 0 Å². The Morgan fingerprint density at radius 2 is 1.71 bits per heavy atom. The summed E-state index contributed by atoms with van der Waals surface area (Å²) in [6.45, 7) is 1.67. The minimum Gasteiger partial charge on any atom is -0.387 e. The van der Waals surface area contributed by atoms with Crippen LogP contribution in [0.25, 0.3) is 16.9 Å². The van der Waals surface area contributed by atoms with Crippen LogP contribution in [0.4, 0.5) is 4.39 Å². The van der Waals surface area contributed by atoms with Crippen LogP contribution in [0.3, 0.4) is 0 Å². The number of halogens is 1. The molecule has 3 aromatic rings. The zero-order valence-electron chi connectivity index (χ0n) is 11.6. The van der Waals surface area contributed by atoms with Crippen molar-refractivity contribution in [2.45, 2.75) is 13.0 Å². The van der Waals surface area contributed by atoms with Crippen molar-refractivity contribution in [3.63, 3.8) is 0 Å². The molecule has 0 spiro atoms. The van der Waals surface area contributed by atoms with E-state index in [4.69, 9.17) is 0 Å². The summed E-state index contributed by atoms with van der Waals surface area (Å²) < 4.78 is 14.9. The number of aromatic nitrogens is 2. The van der Waals surface area contributed by atoms with E-state index in [1.165, 1.54) is 12.1 Å². The summed E-state index contributed by atoms with van der Waals surface area (Å²) in [7, 11) is 0. The molecule has 3 rings (SSSR count). The van der Waals surface area contributed by atoms with E-state index < -0.39 is 6.10 Å². The number of nitrogens with zero attached hydrogens (tertiary/aromatic N) is 2. The molecule has 0 saturated carbocycles. The Hall–Kier alpha value is -2.46. The highest BCUT2D eigenvalue weighted by atomic mass is 19.1. The number of aliphatic hydroxyl groups excluding tert-OH is 1. The number of benzene rings is 2. The summed E-state index contributed by atoms with van der Waals surface area (Å²) in [5, 5.41) is 14.2. The highest BCUT2D eigenvalue weighted by Gasteiger charge is 2.14. The average molecular weight is 282 g/mol. The van der Waals surface area contributed by atoms with Crippen molar-refractivity contribution in [3.05, 3.63) is 72.2 Å². The van der Waals surface area contributed by atoms with Gasteiger partial charge in [-0.3, -0.25) is 0 Å². The highest BCUT2D eigenvalue weighted by Crippen LogP contribution is 2.26. The first-order chi connectivity index (χ1) is 10.1. The molecule has 4 heteroatoms. The first kappa shape index (κ1) is 13.5. The Morgan fingerprint density at radius 3 is 2.33 bits per heavy atom. The molecule has 1 aromatic heterocycles. The lowest BCUT2D eigenvalue weighted by molar-refractivity contribution is 0.193.